The molecule has 1 N–H and O–H groups in total. The number of carbonyl (C=O) groups is 2. The van der Waals surface area contributed by atoms with Gasteiger partial charge in [0.15, 0.2) is 0 Å². The number of nitrogens with one attached hydrogen (secondary N) is 1. The zero-order valence-corrected chi connectivity index (χ0v) is 14.1. The van der Waals surface area contributed by atoms with Crippen LogP contribution in [0.2, 0.25) is 0 Å². The Morgan fingerprint density at radius 3 is 2.18 bits per heavy atom. The molecule has 2 rings (SSSR count). The van der Waals surface area contributed by atoms with Crippen LogP contribution in [0.5, 0.6) is 0 Å². The van der Waals surface area contributed by atoms with E-state index < -0.39 is 0 Å². The summed E-state index contributed by atoms with van der Waals surface area (Å²) >= 11 is 0. The molecular formula is C17H31N3O2. The first kappa shape index (κ1) is 17.1. The van der Waals surface area contributed by atoms with Gasteiger partial charge in [0.25, 0.3) is 0 Å². The first-order valence-electron chi connectivity index (χ1n) is 8.99. The van der Waals surface area contributed by atoms with E-state index in [-0.39, 0.29) is 17.9 Å². The maximum absolute atomic E-state index is 12.5. The van der Waals surface area contributed by atoms with Gasteiger partial charge in [-0.1, -0.05) is 26.7 Å². The van der Waals surface area contributed by atoms with Gasteiger partial charge in [-0.25, -0.2) is 4.79 Å². The summed E-state index contributed by atoms with van der Waals surface area (Å²) in [6.07, 6.45) is 7.35. The van der Waals surface area contributed by atoms with Crippen LogP contribution >= 0.6 is 0 Å². The molecule has 1 aliphatic carbocycles. The van der Waals surface area contributed by atoms with Crippen LogP contribution in [-0.4, -0.2) is 54.0 Å². The van der Waals surface area contributed by atoms with E-state index in [2.05, 4.69) is 19.2 Å². The lowest BCUT2D eigenvalue weighted by Gasteiger charge is -2.26. The van der Waals surface area contributed by atoms with E-state index >= 15 is 0 Å². The van der Waals surface area contributed by atoms with Crippen LogP contribution in [0.4, 0.5) is 4.79 Å². The number of amides is 3. The third kappa shape index (κ3) is 4.37. The fraction of sp³-hybridized carbons (Fsp3) is 0.882. The third-order valence-corrected chi connectivity index (χ3v) is 5.11. The van der Waals surface area contributed by atoms with Crippen molar-refractivity contribution < 1.29 is 9.59 Å². The van der Waals surface area contributed by atoms with Crippen molar-refractivity contribution in [1.82, 2.24) is 15.1 Å². The van der Waals surface area contributed by atoms with E-state index in [1.165, 1.54) is 12.8 Å². The quantitative estimate of drug-likeness (QED) is 0.868. The van der Waals surface area contributed by atoms with Crippen LogP contribution in [0.1, 0.15) is 58.8 Å². The molecule has 0 unspecified atom stereocenters. The van der Waals surface area contributed by atoms with E-state index in [9.17, 15) is 9.59 Å². The first-order chi connectivity index (χ1) is 10.7. The van der Waals surface area contributed by atoms with Gasteiger partial charge >= 0.3 is 6.03 Å². The molecule has 0 aromatic rings. The monoisotopic (exact) mass is 309 g/mol. The van der Waals surface area contributed by atoms with Crippen molar-refractivity contribution in [3.05, 3.63) is 0 Å². The Labute approximate surface area is 134 Å². The summed E-state index contributed by atoms with van der Waals surface area (Å²) in [4.78, 5) is 28.7. The smallest absolute Gasteiger partial charge is 0.317 e. The highest BCUT2D eigenvalue weighted by atomic mass is 16.2. The second kappa shape index (κ2) is 8.39. The molecule has 0 radical (unpaired) electrons. The topological polar surface area (TPSA) is 52.7 Å². The largest absolute Gasteiger partial charge is 0.341 e. The zero-order valence-electron chi connectivity index (χ0n) is 14.1. The van der Waals surface area contributed by atoms with Crippen molar-refractivity contribution in [1.29, 1.82) is 0 Å². The fourth-order valence-corrected chi connectivity index (χ4v) is 3.57. The molecule has 5 nitrogen and oxygen atoms in total. The molecule has 3 amide bonds. The molecule has 2 fully saturated rings. The van der Waals surface area contributed by atoms with E-state index in [1.54, 1.807) is 0 Å². The van der Waals surface area contributed by atoms with Gasteiger partial charge < -0.3 is 15.1 Å². The van der Waals surface area contributed by atoms with E-state index in [4.69, 9.17) is 0 Å². The molecule has 1 aliphatic heterocycles. The Hall–Kier alpha value is -1.26. The summed E-state index contributed by atoms with van der Waals surface area (Å²) in [7, 11) is 0. The third-order valence-electron chi connectivity index (χ3n) is 5.11. The summed E-state index contributed by atoms with van der Waals surface area (Å²) in [5.41, 5.74) is 0. The van der Waals surface area contributed by atoms with Crippen LogP contribution in [-0.2, 0) is 4.79 Å². The van der Waals surface area contributed by atoms with Crippen LogP contribution in [0.25, 0.3) is 0 Å². The van der Waals surface area contributed by atoms with Crippen LogP contribution in [0.3, 0.4) is 0 Å². The second-order valence-electron chi connectivity index (χ2n) is 6.61. The standard InChI is InChI=1S/C17H31N3O2/c1-3-14(4-2)16(21)19-10-7-11-20(13-12-19)17(22)18-15-8-5-6-9-15/h14-15H,3-13H2,1-2H3,(H,18,22). The van der Waals surface area contributed by atoms with Gasteiger partial charge in [-0.2, -0.15) is 0 Å². The Kier molecular flexibility index (Phi) is 6.52. The summed E-state index contributed by atoms with van der Waals surface area (Å²) in [6.45, 7) is 7.02. The van der Waals surface area contributed by atoms with Crippen molar-refractivity contribution in [3.63, 3.8) is 0 Å². The summed E-state index contributed by atoms with van der Waals surface area (Å²) in [6, 6.07) is 0.418. The highest BCUT2D eigenvalue weighted by Crippen LogP contribution is 2.18. The molecule has 2 aliphatic rings. The molecule has 1 heterocycles. The van der Waals surface area contributed by atoms with Gasteiger partial charge in [-0.05, 0) is 32.1 Å². The minimum absolute atomic E-state index is 0.0590. The predicted octanol–water partition coefficient (Wildman–Crippen LogP) is 2.61. The molecule has 0 atom stereocenters. The molecule has 1 saturated carbocycles. The number of hydrogen-bond acceptors (Lipinski definition) is 2. The number of rotatable bonds is 4. The Morgan fingerprint density at radius 2 is 1.55 bits per heavy atom. The minimum Gasteiger partial charge on any atom is -0.341 e. The first-order valence-corrected chi connectivity index (χ1v) is 8.99. The number of hydrogen-bond donors (Lipinski definition) is 1. The molecule has 0 spiro atoms. The number of urea groups is 1. The van der Waals surface area contributed by atoms with Crippen molar-refractivity contribution in [2.24, 2.45) is 5.92 Å². The van der Waals surface area contributed by atoms with E-state index in [0.29, 0.717) is 19.1 Å². The summed E-state index contributed by atoms with van der Waals surface area (Å²) < 4.78 is 0. The molecule has 1 saturated heterocycles. The molecule has 0 aromatic carbocycles. The molecule has 5 heteroatoms. The Bertz CT molecular complexity index is 376. The maximum Gasteiger partial charge on any atom is 0.317 e. The van der Waals surface area contributed by atoms with Gasteiger partial charge in [-0.15, -0.1) is 0 Å². The molecule has 22 heavy (non-hydrogen) atoms. The van der Waals surface area contributed by atoms with Crippen molar-refractivity contribution >= 4 is 11.9 Å². The molecule has 126 valence electrons. The lowest BCUT2D eigenvalue weighted by molar-refractivity contribution is -0.135. The highest BCUT2D eigenvalue weighted by Gasteiger charge is 2.26. The number of nitrogens with zero attached hydrogens (tertiary/aromatic N) is 2. The SMILES string of the molecule is CCC(CC)C(=O)N1CCCN(C(=O)NC2CCCC2)CC1. The van der Waals surface area contributed by atoms with Gasteiger partial charge in [0, 0.05) is 38.1 Å². The molecular weight excluding hydrogens is 278 g/mol. The van der Waals surface area contributed by atoms with Crippen LogP contribution in [0, 0.1) is 5.92 Å². The minimum atomic E-state index is 0.0590. The summed E-state index contributed by atoms with van der Waals surface area (Å²) in [5.74, 6) is 0.405. The zero-order chi connectivity index (χ0) is 15.9. The maximum atomic E-state index is 12.5. The number of carbonyl (C=O) groups excluding carboxylic acids is 2. The van der Waals surface area contributed by atoms with Gasteiger partial charge in [0.05, 0.1) is 0 Å². The van der Waals surface area contributed by atoms with E-state index in [0.717, 1.165) is 45.2 Å². The van der Waals surface area contributed by atoms with Crippen molar-refractivity contribution in [3.8, 4) is 0 Å². The molecule has 0 aromatic heterocycles. The van der Waals surface area contributed by atoms with Gasteiger partial charge in [-0.3, -0.25) is 4.79 Å². The predicted molar refractivity (Wildman–Crippen MR) is 87.6 cm³/mol. The summed E-state index contributed by atoms with van der Waals surface area (Å²) in [5, 5.41) is 3.15. The lowest BCUT2D eigenvalue weighted by atomic mass is 10.0. The normalized spacial score (nSPS) is 20.3. The van der Waals surface area contributed by atoms with E-state index in [1.807, 2.05) is 9.80 Å². The van der Waals surface area contributed by atoms with Gasteiger partial charge in [0.1, 0.15) is 0 Å². The lowest BCUT2D eigenvalue weighted by Crippen LogP contribution is -2.46. The molecule has 0 bridgehead atoms. The van der Waals surface area contributed by atoms with Crippen molar-refractivity contribution in [2.75, 3.05) is 26.2 Å². The second-order valence-corrected chi connectivity index (χ2v) is 6.61. The highest BCUT2D eigenvalue weighted by molar-refractivity contribution is 5.79. The average molecular weight is 309 g/mol. The van der Waals surface area contributed by atoms with Crippen LogP contribution < -0.4 is 5.32 Å². The average Bonchev–Trinajstić information content (AvgIpc) is 2.89. The fourth-order valence-electron chi connectivity index (χ4n) is 3.57. The van der Waals surface area contributed by atoms with Gasteiger partial charge in [0.2, 0.25) is 5.91 Å². The van der Waals surface area contributed by atoms with Crippen molar-refractivity contribution in [2.45, 2.75) is 64.8 Å². The Morgan fingerprint density at radius 1 is 0.955 bits per heavy atom. The Balaban J connectivity index is 1.83. The van der Waals surface area contributed by atoms with Crippen LogP contribution in [0.15, 0.2) is 0 Å².